The highest BCUT2D eigenvalue weighted by Crippen LogP contribution is 2.18. The van der Waals surface area contributed by atoms with Crippen LogP contribution in [0.25, 0.3) is 0 Å². The van der Waals surface area contributed by atoms with E-state index in [1.165, 1.54) is 56.6 Å². The number of piperazine rings is 1. The highest BCUT2D eigenvalue weighted by Gasteiger charge is 2.14. The maximum absolute atomic E-state index is 2.50. The van der Waals surface area contributed by atoms with Crippen LogP contribution in [-0.2, 0) is 6.54 Å². The van der Waals surface area contributed by atoms with Gasteiger partial charge in [-0.25, -0.2) is 0 Å². The van der Waals surface area contributed by atoms with Crippen LogP contribution in [0.5, 0.6) is 0 Å². The van der Waals surface area contributed by atoms with E-state index in [-0.39, 0.29) is 0 Å². The molecule has 1 atom stereocenters. The van der Waals surface area contributed by atoms with Crippen LogP contribution in [0.2, 0.25) is 0 Å². The number of benzene rings is 1. The van der Waals surface area contributed by atoms with Crippen LogP contribution >= 0.6 is 0 Å². The summed E-state index contributed by atoms with van der Waals surface area (Å²) in [5.41, 5.74) is 2.81. The Balaban J connectivity index is 1.71. The van der Waals surface area contributed by atoms with Crippen LogP contribution < -0.4 is 4.90 Å². The van der Waals surface area contributed by atoms with E-state index < -0.39 is 0 Å². The third-order valence-electron chi connectivity index (χ3n) is 5.44. The normalized spacial score (nSPS) is 17.5. The third kappa shape index (κ3) is 6.45. The molecule has 0 bridgehead atoms. The standard InChI is InChI=1S/C21H37N3/c1-5-19(2)8-6-7-13-23(4)18-20-9-11-21(12-10-20)24-16-14-22(3)15-17-24/h9-12,19H,5-8,13-18H2,1-4H3. The van der Waals surface area contributed by atoms with E-state index in [0.29, 0.717) is 0 Å². The zero-order valence-corrected chi connectivity index (χ0v) is 16.3. The van der Waals surface area contributed by atoms with E-state index in [9.17, 15) is 0 Å². The van der Waals surface area contributed by atoms with Crippen molar-refractivity contribution in [3.8, 4) is 0 Å². The second kappa shape index (κ2) is 10.0. The monoisotopic (exact) mass is 331 g/mol. The third-order valence-corrected chi connectivity index (χ3v) is 5.44. The first-order valence-electron chi connectivity index (χ1n) is 9.79. The summed E-state index contributed by atoms with van der Waals surface area (Å²) in [7, 11) is 4.46. The molecular weight excluding hydrogens is 294 g/mol. The van der Waals surface area contributed by atoms with E-state index in [4.69, 9.17) is 0 Å². The Hall–Kier alpha value is -1.06. The summed E-state index contributed by atoms with van der Waals surface area (Å²) in [4.78, 5) is 7.37. The Morgan fingerprint density at radius 1 is 1.04 bits per heavy atom. The van der Waals surface area contributed by atoms with Crippen LogP contribution in [0, 0.1) is 5.92 Å². The van der Waals surface area contributed by atoms with Crippen molar-refractivity contribution >= 4 is 5.69 Å². The molecule has 1 fully saturated rings. The molecule has 24 heavy (non-hydrogen) atoms. The van der Waals surface area contributed by atoms with Gasteiger partial charge < -0.3 is 14.7 Å². The van der Waals surface area contributed by atoms with Gasteiger partial charge in [0.1, 0.15) is 0 Å². The van der Waals surface area contributed by atoms with Gasteiger partial charge in [0.15, 0.2) is 0 Å². The first-order chi connectivity index (χ1) is 11.6. The van der Waals surface area contributed by atoms with Crippen molar-refractivity contribution in [2.45, 2.75) is 46.1 Å². The number of hydrogen-bond acceptors (Lipinski definition) is 3. The average molecular weight is 332 g/mol. The molecule has 0 N–H and O–H groups in total. The smallest absolute Gasteiger partial charge is 0.0367 e. The minimum absolute atomic E-state index is 0.887. The molecule has 1 aromatic carbocycles. The fourth-order valence-electron chi connectivity index (χ4n) is 3.35. The Kier molecular flexibility index (Phi) is 8.07. The molecule has 1 unspecified atom stereocenters. The number of likely N-dealkylation sites (N-methyl/N-ethyl adjacent to an activating group) is 1. The largest absolute Gasteiger partial charge is 0.369 e. The minimum Gasteiger partial charge on any atom is -0.369 e. The summed E-state index contributed by atoms with van der Waals surface area (Å²) in [6.07, 6.45) is 5.38. The lowest BCUT2D eigenvalue weighted by Crippen LogP contribution is -2.44. The zero-order valence-electron chi connectivity index (χ0n) is 16.3. The Bertz CT molecular complexity index is 449. The fourth-order valence-corrected chi connectivity index (χ4v) is 3.35. The van der Waals surface area contributed by atoms with Crippen LogP contribution in [0.3, 0.4) is 0 Å². The number of anilines is 1. The van der Waals surface area contributed by atoms with E-state index in [2.05, 4.69) is 66.9 Å². The zero-order chi connectivity index (χ0) is 17.4. The van der Waals surface area contributed by atoms with Gasteiger partial charge in [0.05, 0.1) is 0 Å². The van der Waals surface area contributed by atoms with E-state index >= 15 is 0 Å². The van der Waals surface area contributed by atoms with Gasteiger partial charge in [-0.05, 0) is 50.7 Å². The van der Waals surface area contributed by atoms with E-state index in [1.807, 2.05) is 0 Å². The molecule has 2 rings (SSSR count). The highest BCUT2D eigenvalue weighted by atomic mass is 15.2. The second-order valence-electron chi connectivity index (χ2n) is 7.70. The SMILES string of the molecule is CCC(C)CCCCN(C)Cc1ccc(N2CCN(C)CC2)cc1. The molecule has 136 valence electrons. The second-order valence-corrected chi connectivity index (χ2v) is 7.70. The Morgan fingerprint density at radius 3 is 2.33 bits per heavy atom. The number of hydrogen-bond donors (Lipinski definition) is 0. The van der Waals surface area contributed by atoms with Crippen molar-refractivity contribution in [1.82, 2.24) is 9.80 Å². The molecule has 3 heteroatoms. The predicted octanol–water partition coefficient (Wildman–Crippen LogP) is 4.09. The van der Waals surface area contributed by atoms with Crippen LogP contribution in [0.15, 0.2) is 24.3 Å². The maximum atomic E-state index is 2.50. The lowest BCUT2D eigenvalue weighted by atomic mass is 10.0. The van der Waals surface area contributed by atoms with Gasteiger partial charge in [0.25, 0.3) is 0 Å². The summed E-state index contributed by atoms with van der Waals surface area (Å²) < 4.78 is 0. The summed E-state index contributed by atoms with van der Waals surface area (Å²) in [6.45, 7) is 11.6. The Morgan fingerprint density at radius 2 is 1.71 bits per heavy atom. The summed E-state index contributed by atoms with van der Waals surface area (Å²) in [5.74, 6) is 0.887. The van der Waals surface area contributed by atoms with E-state index in [1.54, 1.807) is 0 Å². The van der Waals surface area contributed by atoms with Gasteiger partial charge in [-0.15, -0.1) is 0 Å². The molecule has 1 aliphatic heterocycles. The van der Waals surface area contributed by atoms with E-state index in [0.717, 1.165) is 25.6 Å². The molecular formula is C21H37N3. The number of nitrogens with zero attached hydrogens (tertiary/aromatic N) is 3. The van der Waals surface area contributed by atoms with Crippen LogP contribution in [0.4, 0.5) is 5.69 Å². The summed E-state index contributed by atoms with van der Waals surface area (Å²) in [5, 5.41) is 0. The van der Waals surface area contributed by atoms with Crippen LogP contribution in [-0.4, -0.2) is 56.6 Å². The molecule has 0 radical (unpaired) electrons. The van der Waals surface area contributed by atoms with Crippen molar-refractivity contribution < 1.29 is 0 Å². The quantitative estimate of drug-likeness (QED) is 0.631. The lowest BCUT2D eigenvalue weighted by molar-refractivity contribution is 0.311. The van der Waals surface area contributed by atoms with Crippen molar-refractivity contribution in [2.75, 3.05) is 51.7 Å². The average Bonchev–Trinajstić information content (AvgIpc) is 2.60. The van der Waals surface area contributed by atoms with Gasteiger partial charge in [-0.3, -0.25) is 0 Å². The molecule has 1 aromatic rings. The fraction of sp³-hybridized carbons (Fsp3) is 0.714. The molecule has 1 aliphatic rings. The van der Waals surface area contributed by atoms with Crippen LogP contribution in [0.1, 0.15) is 45.1 Å². The van der Waals surface area contributed by atoms with Gasteiger partial charge in [0, 0.05) is 38.4 Å². The maximum Gasteiger partial charge on any atom is 0.0367 e. The minimum atomic E-state index is 0.887. The van der Waals surface area contributed by atoms with Crippen molar-refractivity contribution in [3.63, 3.8) is 0 Å². The summed E-state index contributed by atoms with van der Waals surface area (Å²) in [6, 6.07) is 9.22. The topological polar surface area (TPSA) is 9.72 Å². The molecule has 0 saturated carbocycles. The predicted molar refractivity (Wildman–Crippen MR) is 106 cm³/mol. The molecule has 0 aliphatic carbocycles. The van der Waals surface area contributed by atoms with Crippen molar-refractivity contribution in [2.24, 2.45) is 5.92 Å². The van der Waals surface area contributed by atoms with Crippen molar-refractivity contribution in [3.05, 3.63) is 29.8 Å². The highest BCUT2D eigenvalue weighted by molar-refractivity contribution is 5.48. The first-order valence-corrected chi connectivity index (χ1v) is 9.79. The molecule has 0 amide bonds. The molecule has 0 spiro atoms. The Labute approximate surface area is 149 Å². The van der Waals surface area contributed by atoms with Crippen molar-refractivity contribution in [1.29, 1.82) is 0 Å². The molecule has 0 aromatic heterocycles. The van der Waals surface area contributed by atoms with Gasteiger partial charge >= 0.3 is 0 Å². The molecule has 1 saturated heterocycles. The van der Waals surface area contributed by atoms with Gasteiger partial charge in [-0.2, -0.15) is 0 Å². The lowest BCUT2D eigenvalue weighted by Gasteiger charge is -2.34. The molecule has 3 nitrogen and oxygen atoms in total. The number of rotatable bonds is 9. The number of unbranched alkanes of at least 4 members (excludes halogenated alkanes) is 1. The van der Waals surface area contributed by atoms with Gasteiger partial charge in [0.2, 0.25) is 0 Å². The molecule has 1 heterocycles. The summed E-state index contributed by atoms with van der Waals surface area (Å²) >= 11 is 0. The van der Waals surface area contributed by atoms with Gasteiger partial charge in [-0.1, -0.05) is 45.2 Å². The first kappa shape index (κ1) is 19.3.